The summed E-state index contributed by atoms with van der Waals surface area (Å²) in [6.45, 7) is 14.7. The highest BCUT2D eigenvalue weighted by Gasteiger charge is 2.68. The quantitative estimate of drug-likeness (QED) is 0.0908. The van der Waals surface area contributed by atoms with E-state index in [0.717, 1.165) is 62.5 Å². The van der Waals surface area contributed by atoms with Crippen molar-refractivity contribution < 1.29 is 38.1 Å². The summed E-state index contributed by atoms with van der Waals surface area (Å²) in [7, 11) is -0.510. The second-order valence-electron chi connectivity index (χ2n) is 20.7. The van der Waals surface area contributed by atoms with Crippen molar-refractivity contribution in [1.82, 2.24) is 10.6 Å². The van der Waals surface area contributed by atoms with Crippen molar-refractivity contribution in [1.29, 1.82) is 0 Å². The third-order valence-electron chi connectivity index (χ3n) is 15.5. The number of Topliss-reactive ketones (excluding diaryl/α,β-unsaturated/α-hetero) is 4. The molecule has 2 saturated heterocycles. The summed E-state index contributed by atoms with van der Waals surface area (Å²) < 4.78 is 13.1. The standard InChI is InChI=1S/C53H75BN2O8/c1-8-10-12-16-40(31-45(58)39-25-23-38(24-26-39)37-21-19-36(20-22-37)15-11-9-2)51(62)56-44-28-27-42(57)17-13-14-18-43(55-50(61)34(3)29-46(44)59)47(60)30-35(4)54-63-49-33-41-32-48(52(41,5)6)53(49,7)64-54/h19-26,34-35,40-41,43-44,48-49H,8-18,27-33H2,1-7H3,(H,55,61)(H,56,62)/t34-,35-,40-,41+,43+,44+,48+,49-,53+/m1/s1. The molecule has 10 nitrogen and oxygen atoms in total. The number of benzene rings is 2. The predicted molar refractivity (Wildman–Crippen MR) is 252 cm³/mol. The molecule has 0 aromatic heterocycles. The first kappa shape index (κ1) is 49.5. The van der Waals surface area contributed by atoms with E-state index in [1.165, 1.54) is 5.56 Å². The highest BCUT2D eigenvalue weighted by atomic mass is 16.7. The highest BCUT2D eigenvalue weighted by molar-refractivity contribution is 6.47. The molecule has 0 radical (unpaired) electrons. The first-order chi connectivity index (χ1) is 30.5. The number of ketones is 4. The Morgan fingerprint density at radius 2 is 1.55 bits per heavy atom. The van der Waals surface area contributed by atoms with Crippen LogP contribution in [0, 0.1) is 29.1 Å². The van der Waals surface area contributed by atoms with Crippen LogP contribution in [0.25, 0.3) is 11.1 Å². The third kappa shape index (κ3) is 11.9. The van der Waals surface area contributed by atoms with Crippen molar-refractivity contribution in [3.8, 4) is 11.1 Å². The lowest BCUT2D eigenvalue weighted by atomic mass is 9.43. The maximum atomic E-state index is 14.1. The Morgan fingerprint density at radius 3 is 2.22 bits per heavy atom. The van der Waals surface area contributed by atoms with Gasteiger partial charge in [0.2, 0.25) is 11.8 Å². The minimum atomic E-state index is -0.988. The summed E-state index contributed by atoms with van der Waals surface area (Å²) in [5.41, 5.74) is 3.73. The maximum absolute atomic E-state index is 14.1. The van der Waals surface area contributed by atoms with Crippen LogP contribution in [0.1, 0.15) is 174 Å². The van der Waals surface area contributed by atoms with E-state index >= 15 is 0 Å². The largest absolute Gasteiger partial charge is 0.461 e. The minimum Gasteiger partial charge on any atom is -0.405 e. The van der Waals surface area contributed by atoms with Crippen LogP contribution < -0.4 is 10.6 Å². The fourth-order valence-corrected chi connectivity index (χ4v) is 11.0. The second-order valence-corrected chi connectivity index (χ2v) is 20.7. The Morgan fingerprint density at radius 1 is 0.859 bits per heavy atom. The average molecular weight is 879 g/mol. The van der Waals surface area contributed by atoms with Gasteiger partial charge in [0, 0.05) is 49.5 Å². The zero-order valence-corrected chi connectivity index (χ0v) is 39.8. The number of carbonyl (C=O) groups excluding carboxylic acids is 6. The Hall–Kier alpha value is -3.96. The Kier molecular flexibility index (Phi) is 17.0. The van der Waals surface area contributed by atoms with Crippen molar-refractivity contribution in [3.05, 3.63) is 59.7 Å². The topological polar surface area (TPSA) is 145 Å². The Bertz CT molecular complexity index is 1960. The van der Waals surface area contributed by atoms with Crippen molar-refractivity contribution in [2.24, 2.45) is 29.1 Å². The number of unbranched alkanes of at least 4 members (excludes halogenated alkanes) is 3. The molecule has 348 valence electrons. The predicted octanol–water partition coefficient (Wildman–Crippen LogP) is 10.0. The van der Waals surface area contributed by atoms with Crippen molar-refractivity contribution in [3.63, 3.8) is 0 Å². The molecule has 2 amide bonds. The summed E-state index contributed by atoms with van der Waals surface area (Å²) in [4.78, 5) is 82.5. The number of hydrogen-bond donors (Lipinski definition) is 2. The first-order valence-corrected chi connectivity index (χ1v) is 24.8. The molecule has 7 rings (SSSR count). The normalized spacial score (nSPS) is 28.2. The van der Waals surface area contributed by atoms with Gasteiger partial charge in [-0.3, -0.25) is 28.8 Å². The highest BCUT2D eigenvalue weighted by Crippen LogP contribution is 2.66. The van der Waals surface area contributed by atoms with Gasteiger partial charge in [0.15, 0.2) is 17.3 Å². The molecular formula is C53H75BN2O8. The summed E-state index contributed by atoms with van der Waals surface area (Å²) in [5.74, 6) is -2.07. The van der Waals surface area contributed by atoms with E-state index < -0.39 is 42.9 Å². The molecule has 2 aromatic carbocycles. The molecule has 64 heavy (non-hydrogen) atoms. The molecule has 11 heteroatoms. The fraction of sp³-hybridized carbons (Fsp3) is 0.660. The number of nitrogens with one attached hydrogen (secondary N) is 2. The summed E-state index contributed by atoms with van der Waals surface area (Å²) in [6, 6.07) is 14.3. The number of hydrogen-bond acceptors (Lipinski definition) is 8. The average Bonchev–Trinajstić information content (AvgIpc) is 3.65. The van der Waals surface area contributed by atoms with E-state index in [1.54, 1.807) is 6.92 Å². The fourth-order valence-electron chi connectivity index (χ4n) is 11.0. The van der Waals surface area contributed by atoms with Crippen LogP contribution in [0.5, 0.6) is 0 Å². The van der Waals surface area contributed by atoms with Crippen molar-refractivity contribution in [2.45, 2.75) is 194 Å². The van der Waals surface area contributed by atoms with Crippen LogP contribution in [0.4, 0.5) is 0 Å². The molecule has 2 N–H and O–H groups in total. The Balaban J connectivity index is 1.07. The van der Waals surface area contributed by atoms with Gasteiger partial charge in [0.05, 0.1) is 23.8 Å². The molecule has 5 aliphatic rings. The maximum Gasteiger partial charge on any atom is 0.461 e. The van der Waals surface area contributed by atoms with E-state index in [0.29, 0.717) is 43.1 Å². The van der Waals surface area contributed by atoms with Gasteiger partial charge in [-0.05, 0) is 98.0 Å². The molecule has 2 bridgehead atoms. The molecule has 2 heterocycles. The molecule has 9 atom stereocenters. The smallest absolute Gasteiger partial charge is 0.405 e. The molecule has 5 fully saturated rings. The zero-order valence-electron chi connectivity index (χ0n) is 39.8. The molecule has 2 aliphatic heterocycles. The lowest BCUT2D eigenvalue weighted by Crippen LogP contribution is -2.65. The van der Waals surface area contributed by atoms with E-state index in [2.05, 4.69) is 69.5 Å². The van der Waals surface area contributed by atoms with Gasteiger partial charge < -0.3 is 19.9 Å². The molecular weight excluding hydrogens is 803 g/mol. The van der Waals surface area contributed by atoms with Gasteiger partial charge in [0.25, 0.3) is 0 Å². The minimum absolute atomic E-state index is 0.00683. The number of amides is 2. The first-order valence-electron chi connectivity index (χ1n) is 24.8. The second kappa shape index (κ2) is 22.0. The van der Waals surface area contributed by atoms with Crippen LogP contribution in [0.15, 0.2) is 48.5 Å². The van der Waals surface area contributed by atoms with Gasteiger partial charge in [-0.25, -0.2) is 0 Å². The summed E-state index contributed by atoms with van der Waals surface area (Å²) in [5, 5.41) is 5.90. The monoisotopic (exact) mass is 879 g/mol. The summed E-state index contributed by atoms with van der Waals surface area (Å²) in [6.07, 6.45) is 10.5. The van der Waals surface area contributed by atoms with Crippen LogP contribution in [0.2, 0.25) is 5.82 Å². The van der Waals surface area contributed by atoms with Crippen LogP contribution >= 0.6 is 0 Å². The van der Waals surface area contributed by atoms with E-state index in [9.17, 15) is 28.8 Å². The van der Waals surface area contributed by atoms with Gasteiger partial charge in [-0.15, -0.1) is 0 Å². The van der Waals surface area contributed by atoms with Gasteiger partial charge in [0.1, 0.15) is 5.78 Å². The SMILES string of the molecule is CCCCC[C@H](CC(=O)c1ccc(-c2ccc(CCCC)cc2)cc1)C(=O)N[C@H]1CCC(=O)CCCC[C@@H](C(=O)C[C@@H](C)B2O[C@@H]3C[C@@H]4C[C@@H](C4(C)C)[C@]3(C)O2)NC(=O)[C@H](C)CC1=O. The number of carbonyl (C=O) groups is 6. The zero-order chi connectivity index (χ0) is 46.2. The van der Waals surface area contributed by atoms with E-state index in [1.807, 2.05) is 31.2 Å². The number of aryl methyl sites for hydroxylation is 1. The van der Waals surface area contributed by atoms with Gasteiger partial charge in [-0.1, -0.05) is 122 Å². The Labute approximate surface area is 383 Å². The van der Waals surface area contributed by atoms with Crippen LogP contribution in [-0.4, -0.2) is 65.9 Å². The molecule has 0 unspecified atom stereocenters. The summed E-state index contributed by atoms with van der Waals surface area (Å²) >= 11 is 0. The van der Waals surface area contributed by atoms with Crippen molar-refractivity contribution in [2.75, 3.05) is 0 Å². The third-order valence-corrected chi connectivity index (χ3v) is 15.5. The lowest BCUT2D eigenvalue weighted by Gasteiger charge is -2.64. The van der Waals surface area contributed by atoms with E-state index in [4.69, 9.17) is 9.31 Å². The molecule has 0 spiro atoms. The molecule has 2 aromatic rings. The van der Waals surface area contributed by atoms with Crippen LogP contribution in [0.3, 0.4) is 0 Å². The van der Waals surface area contributed by atoms with Crippen molar-refractivity contribution >= 4 is 42.1 Å². The lowest BCUT2D eigenvalue weighted by molar-refractivity contribution is -0.199. The van der Waals surface area contributed by atoms with E-state index in [-0.39, 0.29) is 84.6 Å². The molecule has 3 aliphatic carbocycles. The number of rotatable bonds is 17. The van der Waals surface area contributed by atoms with Gasteiger partial charge >= 0.3 is 7.12 Å². The van der Waals surface area contributed by atoms with Crippen LogP contribution in [-0.2, 0) is 39.7 Å². The molecule has 3 saturated carbocycles. The van der Waals surface area contributed by atoms with Gasteiger partial charge in [-0.2, -0.15) is 0 Å².